The molecule has 1 N–H and O–H groups in total. The summed E-state index contributed by atoms with van der Waals surface area (Å²) in [4.78, 5) is 11.8. The van der Waals surface area contributed by atoms with Crippen LogP contribution in [0.4, 0.5) is 0 Å². The number of hydrogen-bond acceptors (Lipinski definition) is 3. The Morgan fingerprint density at radius 3 is 2.68 bits per heavy atom. The van der Waals surface area contributed by atoms with Crippen LogP contribution in [0.3, 0.4) is 0 Å². The van der Waals surface area contributed by atoms with Crippen LogP contribution in [0, 0.1) is 0 Å². The summed E-state index contributed by atoms with van der Waals surface area (Å²) in [5.41, 5.74) is 1.99. The molecule has 2 aromatic carbocycles. The highest BCUT2D eigenvalue weighted by Crippen LogP contribution is 2.29. The van der Waals surface area contributed by atoms with Gasteiger partial charge in [-0.2, -0.15) is 0 Å². The lowest BCUT2D eigenvalue weighted by Crippen LogP contribution is -2.05. The number of aromatic hydroxyl groups is 1. The number of benzene rings is 2. The number of esters is 1. The molecule has 0 fully saturated rings. The Morgan fingerprint density at radius 2 is 1.95 bits per heavy atom. The molecule has 0 bridgehead atoms. The first-order chi connectivity index (χ1) is 9.22. The molecule has 0 aliphatic carbocycles. The van der Waals surface area contributed by atoms with E-state index in [0.29, 0.717) is 17.7 Å². The maximum Gasteiger partial charge on any atom is 0.338 e. The van der Waals surface area contributed by atoms with Crippen LogP contribution in [-0.4, -0.2) is 17.7 Å². The van der Waals surface area contributed by atoms with Gasteiger partial charge in [0.2, 0.25) is 0 Å². The summed E-state index contributed by atoms with van der Waals surface area (Å²) in [7, 11) is 0. The maximum atomic E-state index is 11.8. The molecule has 0 aliphatic heterocycles. The van der Waals surface area contributed by atoms with Gasteiger partial charge in [-0.05, 0) is 30.2 Å². The third kappa shape index (κ3) is 3.13. The molecule has 0 saturated heterocycles. The van der Waals surface area contributed by atoms with Crippen LogP contribution in [0.1, 0.15) is 23.7 Å². The van der Waals surface area contributed by atoms with Gasteiger partial charge in [0.15, 0.2) is 0 Å². The number of phenolic OH excluding ortho intramolecular Hbond substituents is 1. The van der Waals surface area contributed by atoms with E-state index in [2.05, 4.69) is 0 Å². The van der Waals surface area contributed by atoms with E-state index in [-0.39, 0.29) is 11.7 Å². The molecule has 3 nitrogen and oxygen atoms in total. The van der Waals surface area contributed by atoms with Crippen molar-refractivity contribution in [3.8, 4) is 16.9 Å². The highest BCUT2D eigenvalue weighted by Gasteiger charge is 2.09. The van der Waals surface area contributed by atoms with E-state index in [9.17, 15) is 9.90 Å². The zero-order valence-electron chi connectivity index (χ0n) is 10.8. The van der Waals surface area contributed by atoms with E-state index in [0.717, 1.165) is 12.0 Å². The average molecular weight is 256 g/mol. The van der Waals surface area contributed by atoms with Crippen molar-refractivity contribution < 1.29 is 14.6 Å². The molecule has 0 radical (unpaired) electrons. The van der Waals surface area contributed by atoms with Crippen molar-refractivity contribution in [1.82, 2.24) is 0 Å². The van der Waals surface area contributed by atoms with E-state index in [1.807, 2.05) is 25.1 Å². The minimum atomic E-state index is -0.334. The van der Waals surface area contributed by atoms with Gasteiger partial charge in [-0.25, -0.2) is 4.79 Å². The topological polar surface area (TPSA) is 46.5 Å². The van der Waals surface area contributed by atoms with E-state index in [1.54, 1.807) is 30.3 Å². The summed E-state index contributed by atoms with van der Waals surface area (Å²) in [6.07, 6.45) is 0.797. The van der Waals surface area contributed by atoms with Gasteiger partial charge in [-0.15, -0.1) is 0 Å². The van der Waals surface area contributed by atoms with Gasteiger partial charge < -0.3 is 9.84 Å². The molecule has 0 atom stereocenters. The summed E-state index contributed by atoms with van der Waals surface area (Å²) < 4.78 is 5.10. The van der Waals surface area contributed by atoms with Crippen molar-refractivity contribution in [2.45, 2.75) is 13.3 Å². The Bertz CT molecular complexity index is 576. The summed E-state index contributed by atoms with van der Waals surface area (Å²) in [6.45, 7) is 2.37. The first kappa shape index (κ1) is 13.1. The van der Waals surface area contributed by atoms with E-state index < -0.39 is 0 Å². The SMILES string of the molecule is CCCOC(=O)c1cccc(-c2ccccc2O)c1. The molecule has 3 heteroatoms. The van der Waals surface area contributed by atoms with E-state index in [4.69, 9.17) is 4.74 Å². The van der Waals surface area contributed by atoms with Crippen LogP contribution in [0.15, 0.2) is 48.5 Å². The molecule has 0 unspecified atom stereocenters. The van der Waals surface area contributed by atoms with Crippen molar-refractivity contribution in [1.29, 1.82) is 0 Å². The second-order valence-electron chi connectivity index (χ2n) is 4.23. The van der Waals surface area contributed by atoms with Crippen molar-refractivity contribution >= 4 is 5.97 Å². The third-order valence-electron chi connectivity index (χ3n) is 2.75. The summed E-state index contributed by atoms with van der Waals surface area (Å²) in [6, 6.07) is 14.1. The molecule has 98 valence electrons. The third-order valence-corrected chi connectivity index (χ3v) is 2.75. The van der Waals surface area contributed by atoms with E-state index >= 15 is 0 Å². The van der Waals surface area contributed by atoms with Gasteiger partial charge in [0.05, 0.1) is 12.2 Å². The number of hydrogen-bond donors (Lipinski definition) is 1. The molecule has 0 aromatic heterocycles. The van der Waals surface area contributed by atoms with Gasteiger partial charge in [-0.1, -0.05) is 37.3 Å². The highest BCUT2D eigenvalue weighted by molar-refractivity contribution is 5.91. The Labute approximate surface area is 112 Å². The van der Waals surface area contributed by atoms with E-state index in [1.165, 1.54) is 0 Å². The van der Waals surface area contributed by atoms with Crippen molar-refractivity contribution in [3.05, 3.63) is 54.1 Å². The van der Waals surface area contributed by atoms with Gasteiger partial charge in [0, 0.05) is 5.56 Å². The molecular weight excluding hydrogens is 240 g/mol. The minimum Gasteiger partial charge on any atom is -0.507 e. The fourth-order valence-electron chi connectivity index (χ4n) is 1.81. The monoisotopic (exact) mass is 256 g/mol. The number of carbonyl (C=O) groups is 1. The molecule has 0 spiro atoms. The largest absolute Gasteiger partial charge is 0.507 e. The molecule has 0 amide bonds. The lowest BCUT2D eigenvalue weighted by atomic mass is 10.0. The Hall–Kier alpha value is -2.29. The Morgan fingerprint density at radius 1 is 1.16 bits per heavy atom. The average Bonchev–Trinajstić information content (AvgIpc) is 2.45. The predicted octanol–water partition coefficient (Wildman–Crippen LogP) is 3.63. The molecule has 0 aliphatic rings. The van der Waals surface area contributed by atoms with Crippen molar-refractivity contribution in [3.63, 3.8) is 0 Å². The Balaban J connectivity index is 2.30. The molecule has 0 heterocycles. The fourth-order valence-corrected chi connectivity index (χ4v) is 1.81. The smallest absolute Gasteiger partial charge is 0.338 e. The molecular formula is C16H16O3. The number of phenols is 1. The van der Waals surface area contributed by atoms with Gasteiger partial charge in [-0.3, -0.25) is 0 Å². The number of para-hydroxylation sites is 1. The zero-order chi connectivity index (χ0) is 13.7. The number of ether oxygens (including phenoxy) is 1. The Kier molecular flexibility index (Phi) is 4.18. The molecule has 2 rings (SSSR count). The fraction of sp³-hybridized carbons (Fsp3) is 0.188. The normalized spacial score (nSPS) is 10.2. The number of carbonyl (C=O) groups excluding carboxylic acids is 1. The summed E-state index contributed by atoms with van der Waals surface area (Å²) in [5, 5.41) is 9.82. The molecule has 0 saturated carbocycles. The second kappa shape index (κ2) is 6.05. The second-order valence-corrected chi connectivity index (χ2v) is 4.23. The first-order valence-electron chi connectivity index (χ1n) is 6.28. The van der Waals surface area contributed by atoms with Crippen LogP contribution >= 0.6 is 0 Å². The van der Waals surface area contributed by atoms with Gasteiger partial charge in [0.25, 0.3) is 0 Å². The first-order valence-corrected chi connectivity index (χ1v) is 6.28. The molecule has 19 heavy (non-hydrogen) atoms. The van der Waals surface area contributed by atoms with Crippen molar-refractivity contribution in [2.75, 3.05) is 6.61 Å². The van der Waals surface area contributed by atoms with Crippen LogP contribution in [0.5, 0.6) is 5.75 Å². The lowest BCUT2D eigenvalue weighted by molar-refractivity contribution is 0.0505. The predicted molar refractivity (Wildman–Crippen MR) is 74.1 cm³/mol. The zero-order valence-corrected chi connectivity index (χ0v) is 10.8. The van der Waals surface area contributed by atoms with Crippen LogP contribution < -0.4 is 0 Å². The van der Waals surface area contributed by atoms with Gasteiger partial charge >= 0.3 is 5.97 Å². The summed E-state index contributed by atoms with van der Waals surface area (Å²) >= 11 is 0. The standard InChI is InChI=1S/C16H16O3/c1-2-10-19-16(18)13-7-5-6-12(11-13)14-8-3-4-9-15(14)17/h3-9,11,17H,2,10H2,1H3. The van der Waals surface area contributed by atoms with Crippen LogP contribution in [-0.2, 0) is 4.74 Å². The number of rotatable bonds is 4. The van der Waals surface area contributed by atoms with Crippen LogP contribution in [0.2, 0.25) is 0 Å². The quantitative estimate of drug-likeness (QED) is 0.850. The van der Waals surface area contributed by atoms with Gasteiger partial charge in [0.1, 0.15) is 5.75 Å². The summed E-state index contributed by atoms with van der Waals surface area (Å²) in [5.74, 6) is -0.138. The molecule has 2 aromatic rings. The maximum absolute atomic E-state index is 11.8. The minimum absolute atomic E-state index is 0.196. The highest BCUT2D eigenvalue weighted by atomic mass is 16.5. The van der Waals surface area contributed by atoms with Crippen molar-refractivity contribution in [2.24, 2.45) is 0 Å². The van der Waals surface area contributed by atoms with Crippen LogP contribution in [0.25, 0.3) is 11.1 Å². The lowest BCUT2D eigenvalue weighted by Gasteiger charge is -2.07.